The number of nitrogens with one attached hydrogen (secondary N) is 1. The summed E-state index contributed by atoms with van der Waals surface area (Å²) >= 11 is 0. The lowest BCUT2D eigenvalue weighted by Crippen LogP contribution is -2.11. The maximum Gasteiger partial charge on any atom is 0.337 e. The van der Waals surface area contributed by atoms with E-state index in [1.165, 1.54) is 6.07 Å². The smallest absolute Gasteiger partial charge is 0.337 e. The molecule has 16 heavy (non-hydrogen) atoms. The number of carbonyl (C=O) groups is 2. The molecule has 90 valence electrons. The van der Waals surface area contributed by atoms with Crippen molar-refractivity contribution in [2.24, 2.45) is 5.84 Å². The van der Waals surface area contributed by atoms with Crippen LogP contribution in [0.5, 0.6) is 0 Å². The first-order chi connectivity index (χ1) is 6.99. The van der Waals surface area contributed by atoms with Gasteiger partial charge in [-0.25, -0.2) is 4.79 Å². The molecule has 0 aliphatic carbocycles. The van der Waals surface area contributed by atoms with E-state index in [1.54, 1.807) is 18.2 Å². The van der Waals surface area contributed by atoms with Crippen molar-refractivity contribution in [3.05, 3.63) is 29.8 Å². The third-order valence-electron chi connectivity index (χ3n) is 1.31. The number of carboxylic acid groups (broad SMARTS) is 2. The van der Waals surface area contributed by atoms with Crippen LogP contribution >= 0.6 is 12.4 Å². The van der Waals surface area contributed by atoms with Gasteiger partial charge in [0.25, 0.3) is 5.97 Å². The zero-order chi connectivity index (χ0) is 11.8. The SMILES string of the molecule is CC(=O)O.Cl.NNc1ccccc1C(=O)O. The summed E-state index contributed by atoms with van der Waals surface area (Å²) in [5.74, 6) is 3.25. The monoisotopic (exact) mass is 248 g/mol. The zero-order valence-corrected chi connectivity index (χ0v) is 9.32. The van der Waals surface area contributed by atoms with E-state index >= 15 is 0 Å². The van der Waals surface area contributed by atoms with E-state index in [0.29, 0.717) is 5.69 Å². The summed E-state index contributed by atoms with van der Waals surface area (Å²) in [6.07, 6.45) is 0. The molecular weight excluding hydrogens is 236 g/mol. The Labute approximate surface area is 98.5 Å². The van der Waals surface area contributed by atoms with Gasteiger partial charge in [0.2, 0.25) is 0 Å². The molecule has 1 rings (SSSR count). The second-order valence-corrected chi connectivity index (χ2v) is 2.51. The van der Waals surface area contributed by atoms with Crippen molar-refractivity contribution in [2.45, 2.75) is 6.92 Å². The standard InChI is InChI=1S/C7H8N2O2.C2H4O2.ClH/c8-9-6-4-2-1-3-5(6)7(10)11;1-2(3)4;/h1-4,9H,8H2,(H,10,11);1H3,(H,3,4);1H. The third-order valence-corrected chi connectivity index (χ3v) is 1.31. The predicted molar refractivity (Wildman–Crippen MR) is 61.8 cm³/mol. The van der Waals surface area contributed by atoms with Crippen LogP contribution in [0.1, 0.15) is 17.3 Å². The fourth-order valence-electron chi connectivity index (χ4n) is 0.795. The molecule has 0 aliphatic heterocycles. The number of hydrogen-bond donors (Lipinski definition) is 4. The van der Waals surface area contributed by atoms with Gasteiger partial charge in [0.15, 0.2) is 0 Å². The first-order valence-corrected chi connectivity index (χ1v) is 3.97. The maximum atomic E-state index is 10.5. The van der Waals surface area contributed by atoms with Crippen LogP contribution in [0.25, 0.3) is 0 Å². The van der Waals surface area contributed by atoms with Gasteiger partial charge in [-0.1, -0.05) is 12.1 Å². The second-order valence-electron chi connectivity index (χ2n) is 2.51. The molecule has 0 spiro atoms. The van der Waals surface area contributed by atoms with Crippen molar-refractivity contribution >= 4 is 30.0 Å². The third kappa shape index (κ3) is 6.63. The molecular formula is C9H13ClN2O4. The average Bonchev–Trinajstić information content (AvgIpc) is 2.16. The molecule has 0 saturated heterocycles. The van der Waals surface area contributed by atoms with Gasteiger partial charge >= 0.3 is 5.97 Å². The van der Waals surface area contributed by atoms with Gasteiger partial charge in [-0.3, -0.25) is 10.6 Å². The molecule has 0 saturated carbocycles. The van der Waals surface area contributed by atoms with Gasteiger partial charge in [0.1, 0.15) is 0 Å². The molecule has 0 unspecified atom stereocenters. The number of hydrazine groups is 1. The van der Waals surface area contributed by atoms with Crippen molar-refractivity contribution in [1.29, 1.82) is 0 Å². The molecule has 0 bridgehead atoms. The van der Waals surface area contributed by atoms with Crippen LogP contribution < -0.4 is 11.3 Å². The van der Waals surface area contributed by atoms with Crippen LogP contribution in [0, 0.1) is 0 Å². The number of anilines is 1. The fourth-order valence-corrected chi connectivity index (χ4v) is 0.795. The fraction of sp³-hybridized carbons (Fsp3) is 0.111. The lowest BCUT2D eigenvalue weighted by molar-refractivity contribution is -0.134. The van der Waals surface area contributed by atoms with E-state index in [0.717, 1.165) is 6.92 Å². The highest BCUT2D eigenvalue weighted by atomic mass is 35.5. The number of carboxylic acids is 2. The van der Waals surface area contributed by atoms with Gasteiger partial charge < -0.3 is 15.6 Å². The van der Waals surface area contributed by atoms with Gasteiger partial charge in [0, 0.05) is 6.92 Å². The van der Waals surface area contributed by atoms with Crippen LogP contribution in [0.3, 0.4) is 0 Å². The summed E-state index contributed by atoms with van der Waals surface area (Å²) in [5.41, 5.74) is 2.89. The van der Waals surface area contributed by atoms with Gasteiger partial charge in [-0.15, -0.1) is 12.4 Å². The summed E-state index contributed by atoms with van der Waals surface area (Å²) in [6, 6.07) is 6.44. The summed E-state index contributed by atoms with van der Waals surface area (Å²) in [5, 5.41) is 16.0. The first-order valence-electron chi connectivity index (χ1n) is 3.97. The number of hydrogen-bond acceptors (Lipinski definition) is 4. The van der Waals surface area contributed by atoms with E-state index in [4.69, 9.17) is 20.9 Å². The number of para-hydroxylation sites is 1. The highest BCUT2D eigenvalue weighted by molar-refractivity contribution is 5.93. The summed E-state index contributed by atoms with van der Waals surface area (Å²) in [7, 11) is 0. The zero-order valence-electron chi connectivity index (χ0n) is 8.51. The molecule has 1 aromatic carbocycles. The quantitative estimate of drug-likeness (QED) is 0.462. The van der Waals surface area contributed by atoms with Crippen molar-refractivity contribution in [1.82, 2.24) is 0 Å². The molecule has 0 aromatic heterocycles. The Hall–Kier alpha value is -1.79. The molecule has 0 heterocycles. The Morgan fingerprint density at radius 3 is 2.00 bits per heavy atom. The van der Waals surface area contributed by atoms with Gasteiger partial charge in [-0.05, 0) is 12.1 Å². The normalized spacial score (nSPS) is 7.88. The number of rotatable bonds is 2. The molecule has 5 N–H and O–H groups in total. The molecule has 0 fully saturated rings. The van der Waals surface area contributed by atoms with Crippen LogP contribution in [0.4, 0.5) is 5.69 Å². The van der Waals surface area contributed by atoms with Crippen molar-refractivity contribution in [3.63, 3.8) is 0 Å². The molecule has 7 heteroatoms. The largest absolute Gasteiger partial charge is 0.481 e. The number of benzene rings is 1. The van der Waals surface area contributed by atoms with Gasteiger partial charge in [-0.2, -0.15) is 0 Å². The van der Waals surface area contributed by atoms with E-state index in [9.17, 15) is 4.79 Å². The minimum atomic E-state index is -0.987. The maximum absolute atomic E-state index is 10.5. The second kappa shape index (κ2) is 8.51. The Balaban J connectivity index is 0. The van der Waals surface area contributed by atoms with Crippen LogP contribution in [0.2, 0.25) is 0 Å². The number of aromatic carboxylic acids is 1. The van der Waals surface area contributed by atoms with E-state index in [1.807, 2.05) is 0 Å². The summed E-state index contributed by atoms with van der Waals surface area (Å²) < 4.78 is 0. The summed E-state index contributed by atoms with van der Waals surface area (Å²) in [4.78, 5) is 19.5. The van der Waals surface area contributed by atoms with Crippen molar-refractivity contribution in [3.8, 4) is 0 Å². The number of halogens is 1. The number of nitrogens with two attached hydrogens (primary N) is 1. The molecule has 0 radical (unpaired) electrons. The highest BCUT2D eigenvalue weighted by Gasteiger charge is 2.06. The highest BCUT2D eigenvalue weighted by Crippen LogP contribution is 2.12. The topological polar surface area (TPSA) is 113 Å². The van der Waals surface area contributed by atoms with Crippen LogP contribution in [-0.4, -0.2) is 22.2 Å². The Morgan fingerprint density at radius 1 is 1.25 bits per heavy atom. The van der Waals surface area contributed by atoms with Crippen LogP contribution in [0.15, 0.2) is 24.3 Å². The lowest BCUT2D eigenvalue weighted by Gasteiger charge is -2.02. The number of aliphatic carboxylic acids is 1. The molecule has 1 aromatic rings. The number of nitrogen functional groups attached to an aromatic ring is 1. The average molecular weight is 249 g/mol. The molecule has 6 nitrogen and oxygen atoms in total. The molecule has 0 amide bonds. The summed E-state index contributed by atoms with van der Waals surface area (Å²) in [6.45, 7) is 1.08. The van der Waals surface area contributed by atoms with E-state index in [-0.39, 0.29) is 18.0 Å². The molecule has 0 atom stereocenters. The minimum Gasteiger partial charge on any atom is -0.481 e. The van der Waals surface area contributed by atoms with Crippen molar-refractivity contribution < 1.29 is 19.8 Å². The Morgan fingerprint density at radius 2 is 1.69 bits per heavy atom. The van der Waals surface area contributed by atoms with E-state index < -0.39 is 11.9 Å². The van der Waals surface area contributed by atoms with Gasteiger partial charge in [0.05, 0.1) is 11.3 Å². The Kier molecular flexibility index (Phi) is 8.85. The first kappa shape index (κ1) is 16.6. The Bertz CT molecular complexity index is 353. The predicted octanol–water partition coefficient (Wildman–Crippen LogP) is 1.18. The lowest BCUT2D eigenvalue weighted by atomic mass is 10.2. The minimum absolute atomic E-state index is 0. The van der Waals surface area contributed by atoms with Crippen molar-refractivity contribution in [2.75, 3.05) is 5.43 Å². The molecule has 0 aliphatic rings. The van der Waals surface area contributed by atoms with Crippen LogP contribution in [-0.2, 0) is 4.79 Å². The van der Waals surface area contributed by atoms with E-state index in [2.05, 4.69) is 5.43 Å².